The van der Waals surface area contributed by atoms with Crippen molar-refractivity contribution in [2.75, 3.05) is 13.1 Å². The second kappa shape index (κ2) is 6.51. The first-order valence-electron chi connectivity index (χ1n) is 5.79. The molecule has 7 heteroatoms. The van der Waals surface area contributed by atoms with Crippen LogP contribution < -0.4 is 0 Å². The van der Waals surface area contributed by atoms with E-state index in [4.69, 9.17) is 5.11 Å². The Bertz CT molecular complexity index is 435. The standard InChI is InChI=1S/C12H15F3N2O2/c1-2-5-17(8-12(13,14)15)7-9-3-4-16-10(6-9)11(18)19/h3-4,6H,2,5,7-8H2,1H3,(H,18,19). The normalized spacial score (nSPS) is 11.8. The van der Waals surface area contributed by atoms with Gasteiger partial charge in [0.1, 0.15) is 5.69 Å². The molecule has 0 amide bonds. The van der Waals surface area contributed by atoms with E-state index < -0.39 is 18.7 Å². The minimum Gasteiger partial charge on any atom is -0.477 e. The van der Waals surface area contributed by atoms with Crippen LogP contribution in [0.5, 0.6) is 0 Å². The molecule has 4 nitrogen and oxygen atoms in total. The molecule has 0 atom stereocenters. The van der Waals surface area contributed by atoms with Crippen molar-refractivity contribution < 1.29 is 23.1 Å². The number of carbonyl (C=O) groups is 1. The highest BCUT2D eigenvalue weighted by molar-refractivity contribution is 5.85. The van der Waals surface area contributed by atoms with Gasteiger partial charge in [-0.1, -0.05) is 6.92 Å². The van der Waals surface area contributed by atoms with Crippen LogP contribution in [0.15, 0.2) is 18.3 Å². The first-order chi connectivity index (χ1) is 8.81. The summed E-state index contributed by atoms with van der Waals surface area (Å²) in [4.78, 5) is 15.6. The molecule has 0 aliphatic rings. The van der Waals surface area contributed by atoms with Gasteiger partial charge in [-0.25, -0.2) is 9.78 Å². The van der Waals surface area contributed by atoms with Crippen molar-refractivity contribution >= 4 is 5.97 Å². The maximum absolute atomic E-state index is 12.4. The first-order valence-corrected chi connectivity index (χ1v) is 5.79. The fourth-order valence-electron chi connectivity index (χ4n) is 1.73. The minimum atomic E-state index is -4.27. The van der Waals surface area contributed by atoms with E-state index in [1.165, 1.54) is 23.2 Å². The number of carboxylic acids is 1. The van der Waals surface area contributed by atoms with Gasteiger partial charge in [0, 0.05) is 12.7 Å². The molecule has 0 bridgehead atoms. The summed E-state index contributed by atoms with van der Waals surface area (Å²) in [5, 5.41) is 8.78. The summed E-state index contributed by atoms with van der Waals surface area (Å²) in [6, 6.07) is 2.81. The number of halogens is 3. The van der Waals surface area contributed by atoms with Crippen molar-refractivity contribution in [3.63, 3.8) is 0 Å². The molecule has 1 heterocycles. The SMILES string of the molecule is CCCN(Cc1ccnc(C(=O)O)c1)CC(F)(F)F. The van der Waals surface area contributed by atoms with Crippen molar-refractivity contribution in [2.45, 2.75) is 26.1 Å². The largest absolute Gasteiger partial charge is 0.477 e. The number of aromatic carboxylic acids is 1. The molecule has 1 N–H and O–H groups in total. The van der Waals surface area contributed by atoms with E-state index in [0.29, 0.717) is 18.5 Å². The Morgan fingerprint density at radius 1 is 1.47 bits per heavy atom. The number of carboxylic acid groups (broad SMARTS) is 1. The van der Waals surface area contributed by atoms with E-state index in [9.17, 15) is 18.0 Å². The molecule has 0 fully saturated rings. The molecular formula is C12H15F3N2O2. The molecule has 0 spiro atoms. The van der Waals surface area contributed by atoms with Gasteiger partial charge in [0.05, 0.1) is 6.54 Å². The van der Waals surface area contributed by atoms with Crippen molar-refractivity contribution in [1.82, 2.24) is 9.88 Å². The molecule has 0 aliphatic carbocycles. The lowest BCUT2D eigenvalue weighted by atomic mass is 10.2. The number of aromatic nitrogens is 1. The molecule has 1 aromatic rings. The summed E-state index contributed by atoms with van der Waals surface area (Å²) in [5.41, 5.74) is 0.339. The summed E-state index contributed by atoms with van der Waals surface area (Å²) >= 11 is 0. The van der Waals surface area contributed by atoms with Crippen molar-refractivity contribution in [2.24, 2.45) is 0 Å². The van der Waals surface area contributed by atoms with Crippen LogP contribution in [-0.2, 0) is 6.54 Å². The average molecular weight is 276 g/mol. The molecule has 0 unspecified atom stereocenters. The highest BCUT2D eigenvalue weighted by Crippen LogP contribution is 2.18. The summed E-state index contributed by atoms with van der Waals surface area (Å²) < 4.78 is 37.2. The molecular weight excluding hydrogens is 261 g/mol. The van der Waals surface area contributed by atoms with Crippen LogP contribution in [0, 0.1) is 0 Å². The molecule has 106 valence electrons. The van der Waals surface area contributed by atoms with Crippen molar-refractivity contribution in [3.05, 3.63) is 29.6 Å². The van der Waals surface area contributed by atoms with Gasteiger partial charge in [0.15, 0.2) is 0 Å². The third kappa shape index (κ3) is 5.69. The third-order valence-corrected chi connectivity index (χ3v) is 2.39. The highest BCUT2D eigenvalue weighted by atomic mass is 19.4. The molecule has 1 aromatic heterocycles. The maximum Gasteiger partial charge on any atom is 0.401 e. The van der Waals surface area contributed by atoms with Gasteiger partial charge in [-0.2, -0.15) is 13.2 Å². The van der Waals surface area contributed by atoms with Crippen LogP contribution in [0.25, 0.3) is 0 Å². The monoisotopic (exact) mass is 276 g/mol. The van der Waals surface area contributed by atoms with E-state index in [-0.39, 0.29) is 12.2 Å². The van der Waals surface area contributed by atoms with E-state index in [1.54, 1.807) is 6.92 Å². The Hall–Kier alpha value is -1.63. The zero-order valence-corrected chi connectivity index (χ0v) is 10.4. The van der Waals surface area contributed by atoms with Crippen LogP contribution in [-0.4, -0.2) is 40.2 Å². The van der Waals surface area contributed by atoms with Crippen LogP contribution >= 0.6 is 0 Å². The first kappa shape index (κ1) is 15.4. The number of hydrogen-bond donors (Lipinski definition) is 1. The Morgan fingerprint density at radius 3 is 2.68 bits per heavy atom. The van der Waals surface area contributed by atoms with Crippen molar-refractivity contribution in [3.8, 4) is 0 Å². The van der Waals surface area contributed by atoms with Crippen LogP contribution in [0.4, 0.5) is 13.2 Å². The Labute approximate surface area is 108 Å². The van der Waals surface area contributed by atoms with Gasteiger partial charge in [0.2, 0.25) is 0 Å². The van der Waals surface area contributed by atoms with Gasteiger partial charge in [-0.15, -0.1) is 0 Å². The summed E-state index contributed by atoms with van der Waals surface area (Å²) in [6.07, 6.45) is -2.39. The predicted octanol–water partition coefficient (Wildman–Crippen LogP) is 2.55. The molecule has 19 heavy (non-hydrogen) atoms. The lowest BCUT2D eigenvalue weighted by molar-refractivity contribution is -0.147. The lowest BCUT2D eigenvalue weighted by Crippen LogP contribution is -2.34. The van der Waals surface area contributed by atoms with Gasteiger partial charge in [0.25, 0.3) is 0 Å². The van der Waals surface area contributed by atoms with E-state index in [0.717, 1.165) is 0 Å². The van der Waals surface area contributed by atoms with Crippen molar-refractivity contribution in [1.29, 1.82) is 0 Å². The maximum atomic E-state index is 12.4. The summed E-state index contributed by atoms with van der Waals surface area (Å²) in [7, 11) is 0. The number of hydrogen-bond acceptors (Lipinski definition) is 3. The van der Waals surface area contributed by atoms with E-state index in [1.807, 2.05) is 0 Å². The van der Waals surface area contributed by atoms with E-state index >= 15 is 0 Å². The predicted molar refractivity (Wildman–Crippen MR) is 62.8 cm³/mol. The Balaban J connectivity index is 2.78. The molecule has 0 saturated carbocycles. The molecule has 0 saturated heterocycles. The molecule has 0 radical (unpaired) electrons. The summed E-state index contributed by atoms with van der Waals surface area (Å²) in [5.74, 6) is -1.19. The minimum absolute atomic E-state index is 0.0517. The Morgan fingerprint density at radius 2 is 2.16 bits per heavy atom. The topological polar surface area (TPSA) is 53.4 Å². The fraction of sp³-hybridized carbons (Fsp3) is 0.500. The quantitative estimate of drug-likeness (QED) is 0.867. The summed E-state index contributed by atoms with van der Waals surface area (Å²) in [6.45, 7) is 1.13. The number of nitrogens with zero attached hydrogens (tertiary/aromatic N) is 2. The zero-order valence-electron chi connectivity index (χ0n) is 10.4. The number of alkyl halides is 3. The van der Waals surface area contributed by atoms with Gasteiger partial charge >= 0.3 is 12.1 Å². The van der Waals surface area contributed by atoms with Crippen LogP contribution in [0.1, 0.15) is 29.4 Å². The lowest BCUT2D eigenvalue weighted by Gasteiger charge is -2.23. The second-order valence-electron chi connectivity index (χ2n) is 4.18. The highest BCUT2D eigenvalue weighted by Gasteiger charge is 2.30. The van der Waals surface area contributed by atoms with E-state index in [2.05, 4.69) is 4.98 Å². The Kier molecular flexibility index (Phi) is 5.29. The second-order valence-corrected chi connectivity index (χ2v) is 4.18. The molecule has 1 rings (SSSR count). The van der Waals surface area contributed by atoms with Gasteiger partial charge in [-0.3, -0.25) is 4.90 Å². The molecule has 0 aliphatic heterocycles. The van der Waals surface area contributed by atoms with Gasteiger partial charge in [-0.05, 0) is 30.7 Å². The smallest absolute Gasteiger partial charge is 0.401 e. The fourth-order valence-corrected chi connectivity index (χ4v) is 1.73. The third-order valence-electron chi connectivity index (χ3n) is 2.39. The van der Waals surface area contributed by atoms with Crippen LogP contribution in [0.2, 0.25) is 0 Å². The number of pyridine rings is 1. The average Bonchev–Trinajstić information content (AvgIpc) is 2.27. The van der Waals surface area contributed by atoms with Crippen LogP contribution in [0.3, 0.4) is 0 Å². The molecule has 0 aromatic carbocycles. The zero-order chi connectivity index (χ0) is 14.5. The van der Waals surface area contributed by atoms with Gasteiger partial charge < -0.3 is 5.11 Å². The number of rotatable bonds is 6.